The van der Waals surface area contributed by atoms with E-state index in [4.69, 9.17) is 15.2 Å². The van der Waals surface area contributed by atoms with E-state index < -0.39 is 0 Å². The molecular weight excluding hydrogens is 357 g/mol. The number of hydrogen-bond acceptors (Lipinski definition) is 7. The minimum Gasteiger partial charge on any atom is -0.382 e. The summed E-state index contributed by atoms with van der Waals surface area (Å²) in [6, 6.07) is 6.66. The summed E-state index contributed by atoms with van der Waals surface area (Å²) in [5.74, 6) is 0.944. The van der Waals surface area contributed by atoms with Gasteiger partial charge in [-0.2, -0.15) is 0 Å². The Morgan fingerprint density at radius 2 is 2.19 bits per heavy atom. The molecule has 7 nitrogen and oxygen atoms in total. The number of anilines is 1. The van der Waals surface area contributed by atoms with Crippen LogP contribution < -0.4 is 5.73 Å². The van der Waals surface area contributed by atoms with E-state index in [0.717, 1.165) is 5.75 Å². The molecule has 2 aromatic heterocycles. The summed E-state index contributed by atoms with van der Waals surface area (Å²) >= 11 is 1.79. The maximum atomic E-state index is 13.8. The fraction of sp³-hybridized carbons (Fsp3) is 0.353. The second kappa shape index (κ2) is 6.19. The number of aromatic nitrogens is 4. The Balaban J connectivity index is 1.38. The second-order valence-corrected chi connectivity index (χ2v) is 7.52. The van der Waals surface area contributed by atoms with Gasteiger partial charge in [-0.15, -0.1) is 11.8 Å². The summed E-state index contributed by atoms with van der Waals surface area (Å²) in [5.41, 5.74) is 7.62. The molecule has 5 rings (SSSR count). The van der Waals surface area contributed by atoms with Gasteiger partial charge in [-0.25, -0.2) is 19.3 Å². The van der Waals surface area contributed by atoms with Crippen molar-refractivity contribution in [2.75, 3.05) is 11.5 Å². The average molecular weight is 373 g/mol. The number of halogens is 1. The molecule has 0 spiro atoms. The summed E-state index contributed by atoms with van der Waals surface area (Å²) in [4.78, 5) is 12.6. The first-order chi connectivity index (χ1) is 12.7. The van der Waals surface area contributed by atoms with Crippen LogP contribution in [0, 0.1) is 5.82 Å². The lowest BCUT2D eigenvalue weighted by Crippen LogP contribution is -2.26. The predicted octanol–water partition coefficient (Wildman–Crippen LogP) is 2.15. The Morgan fingerprint density at radius 1 is 1.31 bits per heavy atom. The number of thioether (sulfide) groups is 1. The highest BCUT2D eigenvalue weighted by Gasteiger charge is 2.52. The van der Waals surface area contributed by atoms with E-state index in [0.29, 0.717) is 22.5 Å². The topological polar surface area (TPSA) is 88.1 Å². The normalized spacial score (nSPS) is 27.4. The Bertz CT molecular complexity index is 967. The zero-order valence-electron chi connectivity index (χ0n) is 13.7. The van der Waals surface area contributed by atoms with Crippen molar-refractivity contribution in [3.63, 3.8) is 0 Å². The van der Waals surface area contributed by atoms with Crippen molar-refractivity contribution in [1.82, 2.24) is 19.5 Å². The molecule has 9 heteroatoms. The molecule has 2 aliphatic rings. The third-order valence-corrected chi connectivity index (χ3v) is 6.20. The number of imidazole rings is 1. The molecule has 2 aliphatic heterocycles. The van der Waals surface area contributed by atoms with Gasteiger partial charge in [0.25, 0.3) is 0 Å². The quantitative estimate of drug-likeness (QED) is 0.750. The van der Waals surface area contributed by atoms with Crippen LogP contribution in [-0.2, 0) is 16.1 Å². The van der Waals surface area contributed by atoms with Gasteiger partial charge in [0.1, 0.15) is 23.8 Å². The van der Waals surface area contributed by atoms with Crippen molar-refractivity contribution >= 4 is 28.7 Å². The molecule has 2 fully saturated rings. The molecular formula is C17H16FN5O2S. The number of nitrogen functional groups attached to an aromatic ring is 1. The minimum atomic E-state index is -0.254. The fourth-order valence-electron chi connectivity index (χ4n) is 3.51. The minimum absolute atomic E-state index is 0.0431. The molecule has 4 atom stereocenters. The third-order valence-electron chi connectivity index (χ3n) is 4.79. The SMILES string of the molecule is Nc1ncnc2c1ncn2[C@H]1O[C@@H]2CS[C@H]1[C@H]2OCc1ccccc1F. The Labute approximate surface area is 152 Å². The molecule has 0 saturated carbocycles. The average Bonchev–Trinajstić information content (AvgIpc) is 3.34. The van der Waals surface area contributed by atoms with E-state index in [1.165, 1.54) is 12.4 Å². The van der Waals surface area contributed by atoms with Crippen molar-refractivity contribution in [2.24, 2.45) is 0 Å². The van der Waals surface area contributed by atoms with Gasteiger partial charge in [0, 0.05) is 11.3 Å². The van der Waals surface area contributed by atoms with Crippen LogP contribution in [0.5, 0.6) is 0 Å². The third kappa shape index (κ3) is 2.46. The van der Waals surface area contributed by atoms with Crippen LogP contribution >= 0.6 is 11.8 Å². The van der Waals surface area contributed by atoms with Crippen molar-refractivity contribution in [2.45, 2.75) is 30.3 Å². The van der Waals surface area contributed by atoms with Crippen LogP contribution in [-0.4, -0.2) is 42.7 Å². The molecule has 0 amide bonds. The number of rotatable bonds is 4. The monoisotopic (exact) mass is 373 g/mol. The summed E-state index contributed by atoms with van der Waals surface area (Å²) in [5, 5.41) is 0.0837. The van der Waals surface area contributed by atoms with E-state index in [-0.39, 0.29) is 36.1 Å². The van der Waals surface area contributed by atoms with E-state index >= 15 is 0 Å². The van der Waals surface area contributed by atoms with E-state index in [2.05, 4.69) is 15.0 Å². The zero-order chi connectivity index (χ0) is 17.7. The van der Waals surface area contributed by atoms with Gasteiger partial charge in [0.05, 0.1) is 24.3 Å². The van der Waals surface area contributed by atoms with E-state index in [9.17, 15) is 4.39 Å². The number of benzene rings is 1. The van der Waals surface area contributed by atoms with Gasteiger partial charge >= 0.3 is 0 Å². The molecule has 1 aromatic carbocycles. The predicted molar refractivity (Wildman–Crippen MR) is 94.9 cm³/mol. The van der Waals surface area contributed by atoms with E-state index in [1.54, 1.807) is 36.3 Å². The van der Waals surface area contributed by atoms with Gasteiger partial charge < -0.3 is 15.2 Å². The summed E-state index contributed by atoms with van der Waals surface area (Å²) in [6.07, 6.45) is 2.70. The lowest BCUT2D eigenvalue weighted by Gasteiger charge is -2.22. The molecule has 2 saturated heterocycles. The molecule has 0 aliphatic carbocycles. The smallest absolute Gasteiger partial charge is 0.167 e. The zero-order valence-corrected chi connectivity index (χ0v) is 14.5. The first-order valence-corrected chi connectivity index (χ1v) is 9.32. The lowest BCUT2D eigenvalue weighted by molar-refractivity contribution is -0.0298. The van der Waals surface area contributed by atoms with Gasteiger partial charge in [-0.3, -0.25) is 4.57 Å². The van der Waals surface area contributed by atoms with Crippen LogP contribution in [0.15, 0.2) is 36.9 Å². The van der Waals surface area contributed by atoms with Crippen molar-refractivity contribution in [1.29, 1.82) is 0 Å². The van der Waals surface area contributed by atoms with E-state index in [1.807, 2.05) is 4.57 Å². The van der Waals surface area contributed by atoms with Crippen LogP contribution in [0.4, 0.5) is 10.2 Å². The molecule has 2 N–H and O–H groups in total. The van der Waals surface area contributed by atoms with Gasteiger partial charge in [0.2, 0.25) is 0 Å². The van der Waals surface area contributed by atoms with Gasteiger partial charge in [0.15, 0.2) is 17.7 Å². The molecule has 0 unspecified atom stereocenters. The van der Waals surface area contributed by atoms with Gasteiger partial charge in [-0.1, -0.05) is 18.2 Å². The number of nitrogens with zero attached hydrogens (tertiary/aromatic N) is 4. The number of ether oxygens (including phenoxy) is 2. The second-order valence-electron chi connectivity index (χ2n) is 6.31. The Morgan fingerprint density at radius 3 is 3.08 bits per heavy atom. The number of fused-ring (bicyclic) bond motifs is 3. The summed E-state index contributed by atoms with van der Waals surface area (Å²) < 4.78 is 27.9. The maximum absolute atomic E-state index is 13.8. The van der Waals surface area contributed by atoms with Crippen LogP contribution in [0.1, 0.15) is 11.8 Å². The van der Waals surface area contributed by atoms with Gasteiger partial charge in [-0.05, 0) is 6.07 Å². The molecule has 0 radical (unpaired) electrons. The fourth-order valence-corrected chi connectivity index (χ4v) is 4.99. The molecule has 3 aromatic rings. The molecule has 4 heterocycles. The number of nitrogens with two attached hydrogens (primary N) is 1. The van der Waals surface area contributed by atoms with Crippen molar-refractivity contribution < 1.29 is 13.9 Å². The van der Waals surface area contributed by atoms with Crippen LogP contribution in [0.3, 0.4) is 0 Å². The number of hydrogen-bond donors (Lipinski definition) is 1. The molecule has 134 valence electrons. The largest absolute Gasteiger partial charge is 0.382 e. The standard InChI is InChI=1S/C17H16FN5O2S/c18-10-4-2-1-3-9(10)5-24-13-11-6-26-14(13)17(25-11)23-8-22-12-15(19)20-7-21-16(12)23/h1-4,7-8,11,13-14,17H,5-6H2,(H2,19,20,21)/t11-,13+,14+,17+/m1/s1. The first kappa shape index (κ1) is 16.0. The Kier molecular flexibility index (Phi) is 3.80. The van der Waals surface area contributed by atoms with Crippen LogP contribution in [0.25, 0.3) is 11.2 Å². The highest BCUT2D eigenvalue weighted by Crippen LogP contribution is 2.47. The van der Waals surface area contributed by atoms with Crippen molar-refractivity contribution in [3.8, 4) is 0 Å². The summed E-state index contributed by atoms with van der Waals surface area (Å²) in [7, 11) is 0. The first-order valence-electron chi connectivity index (χ1n) is 8.27. The lowest BCUT2D eigenvalue weighted by atomic mass is 10.2. The highest BCUT2D eigenvalue weighted by atomic mass is 32.2. The maximum Gasteiger partial charge on any atom is 0.167 e. The summed E-state index contributed by atoms with van der Waals surface area (Å²) in [6.45, 7) is 0.223. The van der Waals surface area contributed by atoms with Crippen molar-refractivity contribution in [3.05, 3.63) is 48.3 Å². The highest BCUT2D eigenvalue weighted by molar-refractivity contribution is 8.00. The Hall–Kier alpha value is -2.23. The van der Waals surface area contributed by atoms with Crippen LogP contribution in [0.2, 0.25) is 0 Å². The molecule has 26 heavy (non-hydrogen) atoms. The molecule has 2 bridgehead atoms.